The molecule has 0 atom stereocenters. The number of Topliss-reactive ketones (excluding diaryl/α,β-unsaturated/α-hetero) is 3. The van der Waals surface area contributed by atoms with Crippen LogP contribution in [-0.2, 0) is 30.5 Å². The second kappa shape index (κ2) is 30.3. The monoisotopic (exact) mass is 635 g/mol. The molecule has 260 valence electrons. The van der Waals surface area contributed by atoms with E-state index in [2.05, 4.69) is 48.5 Å². The topological polar surface area (TPSA) is 51.2 Å². The summed E-state index contributed by atoms with van der Waals surface area (Å²) in [6.07, 6.45) is 12.6. The molecular formula is C43H70O3. The molecule has 7 rings (SSSR count). The van der Waals surface area contributed by atoms with E-state index < -0.39 is 0 Å². The van der Waals surface area contributed by atoms with Crippen molar-refractivity contribution in [2.24, 2.45) is 0 Å². The maximum absolute atomic E-state index is 11.3. The minimum atomic E-state index is 0. The summed E-state index contributed by atoms with van der Waals surface area (Å²) in [5.41, 5.74) is 7.45. The fourth-order valence-corrected chi connectivity index (χ4v) is 5.26. The number of carbonyl (C=O) groups is 3. The summed E-state index contributed by atoms with van der Waals surface area (Å²) >= 11 is 0. The van der Waals surface area contributed by atoms with E-state index in [9.17, 15) is 14.4 Å². The average molecular weight is 635 g/mol. The quantitative estimate of drug-likeness (QED) is 0.247. The third-order valence-corrected chi connectivity index (χ3v) is 7.29. The second-order valence-electron chi connectivity index (χ2n) is 9.88. The van der Waals surface area contributed by atoms with Crippen LogP contribution in [-0.4, -0.2) is 17.3 Å². The Morgan fingerprint density at radius 1 is 0.348 bits per heavy atom. The van der Waals surface area contributed by atoms with Gasteiger partial charge in [0.25, 0.3) is 0 Å². The Bertz CT molecular complexity index is 1070. The fraction of sp³-hybridized carbons (Fsp3) is 0.512. The number of ketones is 3. The zero-order valence-corrected chi connectivity index (χ0v) is 27.1. The molecule has 0 N–H and O–H groups in total. The lowest BCUT2D eigenvalue weighted by atomic mass is 9.90. The second-order valence-corrected chi connectivity index (χ2v) is 9.88. The molecule has 1 fully saturated rings. The van der Waals surface area contributed by atoms with Gasteiger partial charge in [-0.1, -0.05) is 144 Å². The van der Waals surface area contributed by atoms with Gasteiger partial charge in [-0.3, -0.25) is 14.4 Å². The predicted octanol–water partition coefficient (Wildman–Crippen LogP) is 12.9. The Balaban J connectivity index is -0.000000240. The molecule has 0 unspecified atom stereocenters. The van der Waals surface area contributed by atoms with E-state index >= 15 is 0 Å². The number of hydrogen-bond donors (Lipinski definition) is 0. The molecule has 3 aromatic rings. The number of hydrogen-bond acceptors (Lipinski definition) is 3. The highest BCUT2D eigenvalue weighted by atomic mass is 16.1. The van der Waals surface area contributed by atoms with Gasteiger partial charge in [-0.15, -0.1) is 0 Å². The van der Waals surface area contributed by atoms with Gasteiger partial charge < -0.3 is 0 Å². The Labute approximate surface area is 285 Å². The summed E-state index contributed by atoms with van der Waals surface area (Å²) in [5, 5.41) is 0. The highest BCUT2D eigenvalue weighted by Gasteiger charge is 2.22. The summed E-state index contributed by atoms with van der Waals surface area (Å²) < 4.78 is 0. The van der Waals surface area contributed by atoms with Gasteiger partial charge in [-0.05, 0) is 73.6 Å². The van der Waals surface area contributed by atoms with Crippen molar-refractivity contribution in [1.29, 1.82) is 0 Å². The van der Waals surface area contributed by atoms with Gasteiger partial charge in [-0.25, -0.2) is 0 Å². The van der Waals surface area contributed by atoms with E-state index in [0.717, 1.165) is 25.7 Å². The number of fused-ring (bicyclic) bond motifs is 3. The van der Waals surface area contributed by atoms with Crippen LogP contribution >= 0.6 is 0 Å². The number of benzene rings is 3. The summed E-state index contributed by atoms with van der Waals surface area (Å²) in [6, 6.07) is 24.5. The van der Waals surface area contributed by atoms with Gasteiger partial charge in [0, 0.05) is 36.8 Å². The molecule has 3 aromatic carbocycles. The first-order chi connectivity index (χ1) is 20.6. The lowest BCUT2D eigenvalue weighted by Gasteiger charge is -2.11. The zero-order chi connectivity index (χ0) is 31.2. The Hall–Kier alpha value is -3.33. The molecule has 4 aliphatic rings. The van der Waals surface area contributed by atoms with Crippen molar-refractivity contribution in [2.75, 3.05) is 0 Å². The molecule has 0 saturated heterocycles. The standard InChI is InChI=1S/C10H8O2.2C9H10.C5H8O.3C2H6.4CH4/c11-9-5-6-10(12)8-4-2-1-3-7(8)9;2*1-2-5-9-7-3-6-8(9)4-1;6-5-3-1-2-4-5;3*1-2;;;;/h1-4H,5-6H2;2*1-2,4-5H,3,6-7H2;1-4H2;3*1-2H3;4*1H4. The molecule has 0 radical (unpaired) electrons. The van der Waals surface area contributed by atoms with Gasteiger partial charge in [0.1, 0.15) is 5.78 Å². The average Bonchev–Trinajstić information content (AvgIpc) is 3.86. The SMILES string of the molecule is C.C.C.C.CC.CC.CC.O=C1CCC(=O)c2ccccc21.O=C1CCCC1.c1ccc2c(c1)CCC2.c1ccc2c(c1)CCC2. The summed E-state index contributed by atoms with van der Waals surface area (Å²) in [5.74, 6) is 0.630. The zero-order valence-electron chi connectivity index (χ0n) is 27.1. The highest BCUT2D eigenvalue weighted by molar-refractivity contribution is 6.13. The van der Waals surface area contributed by atoms with Crippen LogP contribution in [0.25, 0.3) is 0 Å². The normalized spacial score (nSPS) is 13.6. The minimum Gasteiger partial charge on any atom is -0.300 e. The van der Waals surface area contributed by atoms with Crippen LogP contribution in [0.2, 0.25) is 0 Å². The van der Waals surface area contributed by atoms with Crippen molar-refractivity contribution in [3.8, 4) is 0 Å². The van der Waals surface area contributed by atoms with Crippen molar-refractivity contribution >= 4 is 17.3 Å². The Morgan fingerprint density at radius 3 is 0.848 bits per heavy atom. The van der Waals surface area contributed by atoms with Crippen LogP contribution in [0.1, 0.15) is 166 Å². The predicted molar refractivity (Wildman–Crippen MR) is 206 cm³/mol. The molecule has 0 heterocycles. The first kappa shape index (κ1) is 49.5. The molecule has 3 heteroatoms. The first-order valence-electron chi connectivity index (χ1n) is 16.4. The number of aryl methyl sites for hydroxylation is 4. The summed E-state index contributed by atoms with van der Waals surface area (Å²) in [4.78, 5) is 32.8. The van der Waals surface area contributed by atoms with Crippen LogP contribution in [0.4, 0.5) is 0 Å². The van der Waals surface area contributed by atoms with Gasteiger partial charge >= 0.3 is 0 Å². The van der Waals surface area contributed by atoms with Crippen LogP contribution in [0.15, 0.2) is 72.8 Å². The van der Waals surface area contributed by atoms with Crippen molar-refractivity contribution < 1.29 is 14.4 Å². The third kappa shape index (κ3) is 16.8. The molecular weight excluding hydrogens is 564 g/mol. The van der Waals surface area contributed by atoms with Crippen molar-refractivity contribution in [2.45, 2.75) is 148 Å². The molecule has 0 spiro atoms. The molecule has 0 aliphatic heterocycles. The smallest absolute Gasteiger partial charge is 0.164 e. The first-order valence-corrected chi connectivity index (χ1v) is 16.4. The molecule has 3 nitrogen and oxygen atoms in total. The molecule has 1 saturated carbocycles. The minimum absolute atomic E-state index is 0. The molecule has 4 aliphatic carbocycles. The van der Waals surface area contributed by atoms with Crippen LogP contribution in [0.3, 0.4) is 0 Å². The number of rotatable bonds is 0. The molecule has 0 aromatic heterocycles. The third-order valence-electron chi connectivity index (χ3n) is 7.29. The van der Waals surface area contributed by atoms with Gasteiger partial charge in [-0.2, -0.15) is 0 Å². The van der Waals surface area contributed by atoms with E-state index in [0.29, 0.717) is 29.8 Å². The number of carbonyl (C=O) groups excluding carboxylic acids is 3. The fourth-order valence-electron chi connectivity index (χ4n) is 5.26. The van der Waals surface area contributed by atoms with E-state index in [1.165, 1.54) is 38.5 Å². The van der Waals surface area contributed by atoms with Crippen molar-refractivity contribution in [3.63, 3.8) is 0 Å². The van der Waals surface area contributed by atoms with Gasteiger partial charge in [0.15, 0.2) is 11.6 Å². The Kier molecular flexibility index (Phi) is 32.7. The van der Waals surface area contributed by atoms with E-state index in [1.54, 1.807) is 46.5 Å². The van der Waals surface area contributed by atoms with E-state index in [4.69, 9.17) is 0 Å². The highest BCUT2D eigenvalue weighted by Crippen LogP contribution is 2.22. The van der Waals surface area contributed by atoms with E-state index in [-0.39, 0.29) is 41.3 Å². The Morgan fingerprint density at radius 2 is 0.609 bits per heavy atom. The van der Waals surface area contributed by atoms with Crippen molar-refractivity contribution in [1.82, 2.24) is 0 Å². The molecule has 0 amide bonds. The van der Waals surface area contributed by atoms with E-state index in [1.807, 2.05) is 41.5 Å². The molecule has 46 heavy (non-hydrogen) atoms. The van der Waals surface area contributed by atoms with Crippen LogP contribution in [0.5, 0.6) is 0 Å². The maximum Gasteiger partial charge on any atom is 0.164 e. The molecule has 0 bridgehead atoms. The largest absolute Gasteiger partial charge is 0.300 e. The van der Waals surface area contributed by atoms with Crippen LogP contribution in [0, 0.1) is 0 Å². The van der Waals surface area contributed by atoms with Gasteiger partial charge in [0.2, 0.25) is 0 Å². The lowest BCUT2D eigenvalue weighted by Crippen LogP contribution is -2.16. The van der Waals surface area contributed by atoms with Crippen LogP contribution < -0.4 is 0 Å². The summed E-state index contributed by atoms with van der Waals surface area (Å²) in [7, 11) is 0. The van der Waals surface area contributed by atoms with Gasteiger partial charge in [0.05, 0.1) is 0 Å². The van der Waals surface area contributed by atoms with Crippen molar-refractivity contribution in [3.05, 3.63) is 106 Å². The lowest BCUT2D eigenvalue weighted by molar-refractivity contribution is -0.117. The summed E-state index contributed by atoms with van der Waals surface area (Å²) in [6.45, 7) is 12.0. The maximum atomic E-state index is 11.3.